The smallest absolute Gasteiger partial charge is 0.305 e. The van der Waals surface area contributed by atoms with Gasteiger partial charge in [-0.2, -0.15) is 0 Å². The molecule has 0 spiro atoms. The number of ether oxygens (including phenoxy) is 1. The third-order valence-corrected chi connectivity index (χ3v) is 14.5. The lowest BCUT2D eigenvalue weighted by molar-refractivity contribution is -0.143. The van der Waals surface area contributed by atoms with E-state index < -0.39 is 12.1 Å². The molecule has 0 aliphatic heterocycles. The summed E-state index contributed by atoms with van der Waals surface area (Å²) >= 11 is 0. The molecule has 0 heterocycles. The fourth-order valence-corrected chi connectivity index (χ4v) is 9.68. The van der Waals surface area contributed by atoms with Crippen LogP contribution in [0.1, 0.15) is 341 Å². The molecule has 6 heteroatoms. The average Bonchev–Trinajstić information content (AvgIpc) is 3.35. The van der Waals surface area contributed by atoms with Gasteiger partial charge in [-0.25, -0.2) is 0 Å². The van der Waals surface area contributed by atoms with Crippen molar-refractivity contribution < 1.29 is 24.5 Å². The molecule has 2 atom stereocenters. The van der Waals surface area contributed by atoms with Gasteiger partial charge < -0.3 is 20.3 Å². The van der Waals surface area contributed by atoms with Crippen LogP contribution in [0.3, 0.4) is 0 Å². The largest absolute Gasteiger partial charge is 0.466 e. The maximum atomic E-state index is 12.5. The first-order valence-electron chi connectivity index (χ1n) is 31.1. The maximum Gasteiger partial charge on any atom is 0.305 e. The Morgan fingerprint density at radius 2 is 0.696 bits per heavy atom. The molecule has 0 radical (unpaired) electrons. The van der Waals surface area contributed by atoms with Crippen molar-refractivity contribution in [3.05, 3.63) is 24.3 Å². The zero-order valence-electron chi connectivity index (χ0n) is 46.6. The van der Waals surface area contributed by atoms with Crippen molar-refractivity contribution in [1.82, 2.24) is 5.32 Å². The van der Waals surface area contributed by atoms with Gasteiger partial charge in [0.05, 0.1) is 25.4 Å². The van der Waals surface area contributed by atoms with Crippen LogP contribution >= 0.6 is 0 Å². The van der Waals surface area contributed by atoms with Crippen LogP contribution < -0.4 is 5.32 Å². The minimum Gasteiger partial charge on any atom is -0.466 e. The zero-order chi connectivity index (χ0) is 50.0. The van der Waals surface area contributed by atoms with E-state index in [1.807, 2.05) is 0 Å². The maximum absolute atomic E-state index is 12.5. The van der Waals surface area contributed by atoms with Gasteiger partial charge in [-0.3, -0.25) is 9.59 Å². The molecule has 0 aliphatic carbocycles. The molecular formula is C63H121NO5. The topological polar surface area (TPSA) is 95.9 Å². The lowest BCUT2D eigenvalue weighted by Crippen LogP contribution is -2.45. The normalized spacial score (nSPS) is 12.7. The fourth-order valence-electron chi connectivity index (χ4n) is 9.68. The number of aliphatic hydroxyl groups is 2. The summed E-state index contributed by atoms with van der Waals surface area (Å²) in [6.07, 6.45) is 71.9. The quantitative estimate of drug-likeness (QED) is 0.0321. The highest BCUT2D eigenvalue weighted by molar-refractivity contribution is 5.76. The first-order valence-corrected chi connectivity index (χ1v) is 31.1. The predicted octanol–water partition coefficient (Wildman–Crippen LogP) is 19.4. The van der Waals surface area contributed by atoms with Gasteiger partial charge in [0.15, 0.2) is 0 Å². The van der Waals surface area contributed by atoms with Crippen LogP contribution in [-0.2, 0) is 14.3 Å². The van der Waals surface area contributed by atoms with Crippen molar-refractivity contribution in [2.45, 2.75) is 353 Å². The van der Waals surface area contributed by atoms with Gasteiger partial charge in [-0.1, -0.05) is 282 Å². The summed E-state index contributed by atoms with van der Waals surface area (Å²) in [6, 6.07) is -0.545. The van der Waals surface area contributed by atoms with Crippen molar-refractivity contribution in [3.63, 3.8) is 0 Å². The summed E-state index contributed by atoms with van der Waals surface area (Å²) in [5, 5.41) is 23.3. The van der Waals surface area contributed by atoms with Crippen LogP contribution in [0.2, 0.25) is 0 Å². The Bertz CT molecular complexity index is 1080. The van der Waals surface area contributed by atoms with Gasteiger partial charge in [0.2, 0.25) is 5.91 Å². The van der Waals surface area contributed by atoms with Crippen molar-refractivity contribution in [1.29, 1.82) is 0 Å². The molecule has 0 aromatic heterocycles. The summed E-state index contributed by atoms with van der Waals surface area (Å²) in [4.78, 5) is 24.5. The molecule has 2 unspecified atom stereocenters. The number of hydrogen-bond donors (Lipinski definition) is 3. The second kappa shape index (κ2) is 58.9. The molecule has 3 N–H and O–H groups in total. The summed E-state index contributed by atoms with van der Waals surface area (Å²) in [7, 11) is 0. The number of allylic oxidation sites excluding steroid dienone is 4. The predicted molar refractivity (Wildman–Crippen MR) is 301 cm³/mol. The third kappa shape index (κ3) is 55.5. The molecule has 0 aromatic rings. The van der Waals surface area contributed by atoms with Crippen LogP contribution in [0.25, 0.3) is 0 Å². The fraction of sp³-hybridized carbons (Fsp3) is 0.905. The molecule has 0 aliphatic rings. The molecule has 0 rings (SSSR count). The second-order valence-corrected chi connectivity index (χ2v) is 21.4. The summed E-state index contributed by atoms with van der Waals surface area (Å²) in [5.74, 6) is -0.0354. The first kappa shape index (κ1) is 67.3. The van der Waals surface area contributed by atoms with E-state index >= 15 is 0 Å². The van der Waals surface area contributed by atoms with Crippen molar-refractivity contribution in [2.75, 3.05) is 13.2 Å². The monoisotopic (exact) mass is 972 g/mol. The van der Waals surface area contributed by atoms with Crippen LogP contribution in [-0.4, -0.2) is 47.4 Å². The standard InChI is InChI=1S/C63H121NO5/c1-3-5-7-9-11-13-15-16-17-26-29-32-36-39-43-47-51-55-61(66)60(59-65)64-62(67)56-52-48-44-40-37-33-30-27-24-22-20-18-19-21-23-25-28-31-34-38-42-46-50-54-58-69-63(68)57-53-49-45-41-35-14-12-10-8-6-4-2/h10,12,20,22,60-61,65-66H,3-9,11,13-19,21,23-59H2,1-2H3,(H,64,67)/b12-10-,22-20-. The van der Waals surface area contributed by atoms with E-state index in [-0.39, 0.29) is 18.5 Å². The Balaban J connectivity index is 3.41. The number of rotatable bonds is 58. The number of nitrogens with one attached hydrogen (secondary N) is 1. The average molecular weight is 973 g/mol. The minimum absolute atomic E-state index is 0.00170. The molecule has 408 valence electrons. The number of hydrogen-bond acceptors (Lipinski definition) is 5. The third-order valence-electron chi connectivity index (χ3n) is 14.5. The first-order chi connectivity index (χ1) is 34.0. The Morgan fingerprint density at radius 1 is 0.391 bits per heavy atom. The highest BCUT2D eigenvalue weighted by Gasteiger charge is 2.20. The zero-order valence-corrected chi connectivity index (χ0v) is 46.6. The molecular weight excluding hydrogens is 851 g/mol. The molecule has 0 saturated heterocycles. The van der Waals surface area contributed by atoms with Crippen LogP contribution in [0, 0.1) is 0 Å². The van der Waals surface area contributed by atoms with Gasteiger partial charge in [-0.15, -0.1) is 0 Å². The highest BCUT2D eigenvalue weighted by atomic mass is 16.5. The van der Waals surface area contributed by atoms with E-state index in [2.05, 4.69) is 43.5 Å². The SMILES string of the molecule is CCCC/C=C\CCCCCCCC(=O)OCCCCCCCCCCCCCC/C=C\CCCCCCCCCCC(=O)NC(CO)C(O)CCCCCCCCCCCCCCCCCCC. The van der Waals surface area contributed by atoms with Gasteiger partial charge in [0.25, 0.3) is 0 Å². The lowest BCUT2D eigenvalue weighted by atomic mass is 10.0. The summed E-state index contributed by atoms with van der Waals surface area (Å²) in [6.45, 7) is 4.93. The number of unbranched alkanes of at least 4 members (excludes halogenated alkanes) is 43. The Labute approximate surface area is 431 Å². The van der Waals surface area contributed by atoms with E-state index in [4.69, 9.17) is 4.74 Å². The molecule has 69 heavy (non-hydrogen) atoms. The van der Waals surface area contributed by atoms with Crippen LogP contribution in [0.15, 0.2) is 24.3 Å². The van der Waals surface area contributed by atoms with Gasteiger partial charge in [0, 0.05) is 12.8 Å². The molecule has 0 aromatic carbocycles. The van der Waals surface area contributed by atoms with E-state index in [9.17, 15) is 19.8 Å². The Hall–Kier alpha value is -1.66. The number of aliphatic hydroxyl groups excluding tert-OH is 2. The van der Waals surface area contributed by atoms with Crippen LogP contribution in [0.4, 0.5) is 0 Å². The molecule has 0 fully saturated rings. The summed E-state index contributed by atoms with van der Waals surface area (Å²) in [5.41, 5.74) is 0. The molecule has 0 saturated carbocycles. The van der Waals surface area contributed by atoms with E-state index in [0.29, 0.717) is 25.9 Å². The van der Waals surface area contributed by atoms with Gasteiger partial charge in [0.1, 0.15) is 0 Å². The molecule has 0 bridgehead atoms. The minimum atomic E-state index is -0.667. The lowest BCUT2D eigenvalue weighted by Gasteiger charge is -2.22. The van der Waals surface area contributed by atoms with Crippen LogP contribution in [0.5, 0.6) is 0 Å². The highest BCUT2D eigenvalue weighted by Crippen LogP contribution is 2.18. The van der Waals surface area contributed by atoms with Gasteiger partial charge in [-0.05, 0) is 70.6 Å². The molecule has 1 amide bonds. The number of esters is 1. The Kier molecular flexibility index (Phi) is 57.5. The number of carbonyl (C=O) groups excluding carboxylic acids is 2. The second-order valence-electron chi connectivity index (χ2n) is 21.4. The molecule has 6 nitrogen and oxygen atoms in total. The Morgan fingerprint density at radius 3 is 1.07 bits per heavy atom. The van der Waals surface area contributed by atoms with E-state index in [1.165, 1.54) is 263 Å². The van der Waals surface area contributed by atoms with Crippen molar-refractivity contribution >= 4 is 11.9 Å². The van der Waals surface area contributed by atoms with Crippen molar-refractivity contribution in [2.24, 2.45) is 0 Å². The van der Waals surface area contributed by atoms with E-state index in [0.717, 1.165) is 44.9 Å². The summed E-state index contributed by atoms with van der Waals surface area (Å²) < 4.78 is 5.46. The van der Waals surface area contributed by atoms with Gasteiger partial charge >= 0.3 is 5.97 Å². The number of amides is 1. The number of carbonyl (C=O) groups is 2. The van der Waals surface area contributed by atoms with Crippen molar-refractivity contribution in [3.8, 4) is 0 Å². The van der Waals surface area contributed by atoms with E-state index in [1.54, 1.807) is 0 Å².